The Balaban J connectivity index is 1.69. The summed E-state index contributed by atoms with van der Waals surface area (Å²) in [5, 5.41) is 7.81. The Bertz CT molecular complexity index is 861. The van der Waals surface area contributed by atoms with Crippen LogP contribution in [0.2, 0.25) is 0 Å². The molecule has 0 fully saturated rings. The van der Waals surface area contributed by atoms with Gasteiger partial charge in [-0.3, -0.25) is 4.79 Å². The molecule has 124 valence electrons. The number of thiazole rings is 1. The Kier molecular flexibility index (Phi) is 4.86. The Labute approximate surface area is 143 Å². The minimum atomic E-state index is -0.804. The quantitative estimate of drug-likeness (QED) is 0.697. The van der Waals surface area contributed by atoms with Gasteiger partial charge in [-0.05, 0) is 18.4 Å². The van der Waals surface area contributed by atoms with Crippen molar-refractivity contribution in [3.8, 4) is 11.5 Å². The fourth-order valence-electron chi connectivity index (χ4n) is 1.83. The molecule has 0 unspecified atom stereocenters. The molecule has 0 aliphatic rings. The molecule has 1 amide bonds. The zero-order valence-corrected chi connectivity index (χ0v) is 13.9. The molecule has 0 bridgehead atoms. The van der Waals surface area contributed by atoms with Crippen LogP contribution in [0.5, 0.6) is 0 Å². The highest BCUT2D eigenvalue weighted by atomic mass is 32.2. The second-order valence-corrected chi connectivity index (χ2v) is 6.41. The van der Waals surface area contributed by atoms with Crippen molar-refractivity contribution in [1.82, 2.24) is 20.4 Å². The SMILES string of the molecule is CSc1nc(C(=O)NCc2noc(-c3c(F)cccc3F)n2)cs1. The van der Waals surface area contributed by atoms with Gasteiger partial charge in [-0.2, -0.15) is 4.98 Å². The van der Waals surface area contributed by atoms with Crippen LogP contribution in [0.1, 0.15) is 16.3 Å². The van der Waals surface area contributed by atoms with E-state index in [1.807, 2.05) is 6.26 Å². The predicted octanol–water partition coefficient (Wildman–Crippen LogP) is 3.12. The average Bonchev–Trinajstić information content (AvgIpc) is 3.22. The number of benzene rings is 1. The number of hydrogen-bond acceptors (Lipinski definition) is 7. The van der Waals surface area contributed by atoms with Crippen LogP contribution >= 0.6 is 23.1 Å². The van der Waals surface area contributed by atoms with Gasteiger partial charge < -0.3 is 9.84 Å². The van der Waals surface area contributed by atoms with E-state index in [0.717, 1.165) is 16.5 Å². The van der Waals surface area contributed by atoms with Crippen LogP contribution in [-0.2, 0) is 6.54 Å². The van der Waals surface area contributed by atoms with Crippen LogP contribution in [0.3, 0.4) is 0 Å². The lowest BCUT2D eigenvalue weighted by atomic mass is 10.2. The van der Waals surface area contributed by atoms with Gasteiger partial charge in [0.1, 0.15) is 27.2 Å². The topological polar surface area (TPSA) is 80.9 Å². The van der Waals surface area contributed by atoms with Gasteiger partial charge in [0.05, 0.1) is 6.54 Å². The van der Waals surface area contributed by atoms with Gasteiger partial charge in [-0.25, -0.2) is 13.8 Å². The summed E-state index contributed by atoms with van der Waals surface area (Å²) in [4.78, 5) is 20.0. The maximum absolute atomic E-state index is 13.7. The number of carbonyl (C=O) groups excluding carboxylic acids is 1. The molecule has 0 saturated carbocycles. The molecule has 10 heteroatoms. The summed E-state index contributed by atoms with van der Waals surface area (Å²) in [6.45, 7) is -0.0511. The highest BCUT2D eigenvalue weighted by Crippen LogP contribution is 2.24. The van der Waals surface area contributed by atoms with Gasteiger partial charge in [-0.15, -0.1) is 11.3 Å². The highest BCUT2D eigenvalue weighted by molar-refractivity contribution is 8.00. The lowest BCUT2D eigenvalue weighted by molar-refractivity contribution is 0.0945. The Morgan fingerprint density at radius 2 is 2.08 bits per heavy atom. The molecule has 3 aromatic rings. The number of halogens is 2. The Morgan fingerprint density at radius 3 is 2.75 bits per heavy atom. The molecular weight excluding hydrogens is 358 g/mol. The monoisotopic (exact) mass is 368 g/mol. The molecule has 0 atom stereocenters. The molecule has 24 heavy (non-hydrogen) atoms. The van der Waals surface area contributed by atoms with Crippen molar-refractivity contribution in [3.05, 3.63) is 46.7 Å². The number of nitrogens with zero attached hydrogens (tertiary/aromatic N) is 3. The van der Waals surface area contributed by atoms with Gasteiger partial charge in [-0.1, -0.05) is 23.0 Å². The zero-order valence-electron chi connectivity index (χ0n) is 12.2. The molecule has 2 heterocycles. The van der Waals surface area contributed by atoms with Crippen LogP contribution < -0.4 is 5.32 Å². The van der Waals surface area contributed by atoms with Crippen LogP contribution in [-0.4, -0.2) is 27.3 Å². The minimum Gasteiger partial charge on any atom is -0.343 e. The van der Waals surface area contributed by atoms with E-state index in [1.165, 1.54) is 29.2 Å². The molecule has 6 nitrogen and oxygen atoms in total. The molecule has 0 aliphatic carbocycles. The molecule has 0 spiro atoms. The number of thioether (sulfide) groups is 1. The molecule has 0 aliphatic heterocycles. The fraction of sp³-hybridized carbons (Fsp3) is 0.143. The smallest absolute Gasteiger partial charge is 0.271 e. The molecule has 2 aromatic heterocycles. The first kappa shape index (κ1) is 16.5. The highest BCUT2D eigenvalue weighted by Gasteiger charge is 2.18. The summed E-state index contributed by atoms with van der Waals surface area (Å²) < 4.78 is 33.0. The average molecular weight is 368 g/mol. The summed E-state index contributed by atoms with van der Waals surface area (Å²) >= 11 is 2.80. The summed E-state index contributed by atoms with van der Waals surface area (Å²) in [6, 6.07) is 3.42. The van der Waals surface area contributed by atoms with E-state index in [-0.39, 0.29) is 24.0 Å². The molecule has 1 N–H and O–H groups in total. The van der Waals surface area contributed by atoms with Gasteiger partial charge >= 0.3 is 0 Å². The molecule has 1 aromatic carbocycles. The third kappa shape index (κ3) is 3.44. The van der Waals surface area contributed by atoms with E-state index in [9.17, 15) is 13.6 Å². The van der Waals surface area contributed by atoms with Crippen molar-refractivity contribution < 1.29 is 18.1 Å². The zero-order chi connectivity index (χ0) is 17.1. The van der Waals surface area contributed by atoms with Crippen LogP contribution in [0.15, 0.2) is 32.4 Å². The van der Waals surface area contributed by atoms with Gasteiger partial charge in [0, 0.05) is 5.38 Å². The maximum Gasteiger partial charge on any atom is 0.271 e. The standard InChI is InChI=1S/C14H10F2N4O2S2/c1-23-14-18-9(6-24-14)12(21)17-5-10-19-13(22-20-10)11-7(15)3-2-4-8(11)16/h2-4,6H,5H2,1H3,(H,17,21). The largest absolute Gasteiger partial charge is 0.343 e. The summed E-state index contributed by atoms with van der Waals surface area (Å²) in [7, 11) is 0. The first-order valence-electron chi connectivity index (χ1n) is 6.63. The number of nitrogens with one attached hydrogen (secondary N) is 1. The second kappa shape index (κ2) is 7.05. The van der Waals surface area contributed by atoms with E-state index >= 15 is 0 Å². The van der Waals surface area contributed by atoms with E-state index in [0.29, 0.717) is 0 Å². The minimum absolute atomic E-state index is 0.0511. The Morgan fingerprint density at radius 1 is 1.33 bits per heavy atom. The molecular formula is C14H10F2N4O2S2. The van der Waals surface area contributed by atoms with Crippen molar-refractivity contribution >= 4 is 29.0 Å². The lowest BCUT2D eigenvalue weighted by Crippen LogP contribution is -2.23. The van der Waals surface area contributed by atoms with Crippen LogP contribution in [0.25, 0.3) is 11.5 Å². The van der Waals surface area contributed by atoms with Crippen LogP contribution in [0, 0.1) is 11.6 Å². The van der Waals surface area contributed by atoms with E-state index in [1.54, 1.807) is 5.38 Å². The molecule has 3 rings (SSSR count). The van der Waals surface area contributed by atoms with Crippen molar-refractivity contribution in [2.45, 2.75) is 10.9 Å². The van der Waals surface area contributed by atoms with Crippen molar-refractivity contribution in [1.29, 1.82) is 0 Å². The fourth-order valence-corrected chi connectivity index (χ4v) is 3.08. The predicted molar refractivity (Wildman–Crippen MR) is 84.7 cm³/mol. The third-order valence-electron chi connectivity index (χ3n) is 2.94. The van der Waals surface area contributed by atoms with E-state index < -0.39 is 23.1 Å². The third-order valence-corrected chi connectivity index (χ3v) is 4.81. The van der Waals surface area contributed by atoms with E-state index in [4.69, 9.17) is 4.52 Å². The maximum atomic E-state index is 13.7. The number of hydrogen-bond donors (Lipinski definition) is 1. The van der Waals surface area contributed by atoms with Crippen LogP contribution in [0.4, 0.5) is 8.78 Å². The Hall–Kier alpha value is -2.33. The van der Waals surface area contributed by atoms with Gasteiger partial charge in [0.25, 0.3) is 11.8 Å². The first-order valence-corrected chi connectivity index (χ1v) is 8.73. The van der Waals surface area contributed by atoms with Crippen molar-refractivity contribution in [2.24, 2.45) is 0 Å². The molecule has 0 radical (unpaired) electrons. The summed E-state index contributed by atoms with van der Waals surface area (Å²) in [6.07, 6.45) is 1.86. The van der Waals surface area contributed by atoms with Gasteiger partial charge in [0.15, 0.2) is 5.82 Å². The normalized spacial score (nSPS) is 10.8. The number of rotatable bonds is 5. The second-order valence-electron chi connectivity index (χ2n) is 4.50. The van der Waals surface area contributed by atoms with Crippen molar-refractivity contribution in [3.63, 3.8) is 0 Å². The van der Waals surface area contributed by atoms with Crippen molar-refractivity contribution in [2.75, 3.05) is 6.26 Å². The van der Waals surface area contributed by atoms with E-state index in [2.05, 4.69) is 20.4 Å². The summed E-state index contributed by atoms with van der Waals surface area (Å²) in [5.74, 6) is -2.19. The lowest BCUT2D eigenvalue weighted by Gasteiger charge is -1.99. The number of aromatic nitrogens is 3. The first-order chi connectivity index (χ1) is 11.6. The number of carbonyl (C=O) groups is 1. The molecule has 0 saturated heterocycles. The number of amides is 1. The summed E-state index contributed by atoms with van der Waals surface area (Å²) in [5.41, 5.74) is -0.111. The van der Waals surface area contributed by atoms with Gasteiger partial charge in [0.2, 0.25) is 0 Å².